The van der Waals surface area contributed by atoms with Gasteiger partial charge in [-0.1, -0.05) is 47.6 Å². The number of thioether (sulfide) groups is 1. The summed E-state index contributed by atoms with van der Waals surface area (Å²) in [5.41, 5.74) is 4.60. The number of ether oxygens (including phenoxy) is 1. The van der Waals surface area contributed by atoms with E-state index in [1.807, 2.05) is 79.7 Å². The monoisotopic (exact) mass is 532 g/mol. The molecule has 0 saturated heterocycles. The van der Waals surface area contributed by atoms with Gasteiger partial charge in [-0.3, -0.25) is 9.59 Å². The van der Waals surface area contributed by atoms with Gasteiger partial charge < -0.3 is 10.1 Å². The quantitative estimate of drug-likeness (QED) is 0.431. The van der Waals surface area contributed by atoms with Gasteiger partial charge in [0.2, 0.25) is 5.91 Å². The molecule has 3 aromatic carbocycles. The van der Waals surface area contributed by atoms with Crippen LogP contribution in [0.4, 0.5) is 5.69 Å². The molecule has 7 nitrogen and oxygen atoms in total. The molecule has 2 aliphatic heterocycles. The van der Waals surface area contributed by atoms with Crippen molar-refractivity contribution >= 4 is 51.7 Å². The number of anilines is 1. The van der Waals surface area contributed by atoms with Crippen LogP contribution in [0.1, 0.15) is 35.6 Å². The molecule has 0 radical (unpaired) electrons. The Morgan fingerprint density at radius 1 is 1.14 bits per heavy atom. The highest BCUT2D eigenvalue weighted by atomic mass is 35.5. The lowest BCUT2D eigenvalue weighted by molar-refractivity contribution is -0.121. The smallest absolute Gasteiger partial charge is 0.262 e. The van der Waals surface area contributed by atoms with Gasteiger partial charge in [-0.2, -0.15) is 10.1 Å². The van der Waals surface area contributed by atoms with E-state index in [0.29, 0.717) is 22.3 Å². The number of carbonyl (C=O) groups excluding carboxylic acids is 2. The lowest BCUT2D eigenvalue weighted by Gasteiger charge is -2.23. The molecule has 2 heterocycles. The van der Waals surface area contributed by atoms with E-state index >= 15 is 0 Å². The van der Waals surface area contributed by atoms with E-state index in [2.05, 4.69) is 10.3 Å². The summed E-state index contributed by atoms with van der Waals surface area (Å²) in [4.78, 5) is 29.8. The third-order valence-electron chi connectivity index (χ3n) is 6.19. The van der Waals surface area contributed by atoms with Crippen LogP contribution in [0.3, 0.4) is 0 Å². The van der Waals surface area contributed by atoms with E-state index in [4.69, 9.17) is 21.4 Å². The molecule has 1 N–H and O–H groups in total. The summed E-state index contributed by atoms with van der Waals surface area (Å²) < 4.78 is 5.28. The number of nitrogens with zero attached hydrogens (tertiary/aromatic N) is 3. The number of nitrogens with one attached hydrogen (secondary N) is 1. The fraction of sp³-hybridized carbons (Fsp3) is 0.214. The van der Waals surface area contributed by atoms with Crippen LogP contribution in [0.15, 0.2) is 82.9 Å². The van der Waals surface area contributed by atoms with Crippen LogP contribution in [0.2, 0.25) is 5.02 Å². The topological polar surface area (TPSA) is 83.4 Å². The summed E-state index contributed by atoms with van der Waals surface area (Å²) in [6.07, 6.45) is 0.652. The zero-order chi connectivity index (χ0) is 25.9. The molecule has 0 fully saturated rings. The zero-order valence-electron chi connectivity index (χ0n) is 20.3. The SMILES string of the molecule is COc1ccc(C2=NN(C3=NC(=O)C(CC(=O)Nc4cccc(C)c4)S3)C(c3ccc(Cl)cc3)C2)cc1. The van der Waals surface area contributed by atoms with Crippen LogP contribution in [0.5, 0.6) is 5.75 Å². The minimum Gasteiger partial charge on any atom is -0.497 e. The van der Waals surface area contributed by atoms with Gasteiger partial charge in [0.1, 0.15) is 11.0 Å². The minimum atomic E-state index is -0.606. The molecule has 0 saturated carbocycles. The predicted octanol–water partition coefficient (Wildman–Crippen LogP) is 5.83. The maximum Gasteiger partial charge on any atom is 0.262 e. The maximum absolute atomic E-state index is 12.8. The second-order valence-electron chi connectivity index (χ2n) is 8.85. The first kappa shape index (κ1) is 25.0. The summed E-state index contributed by atoms with van der Waals surface area (Å²) in [6.45, 7) is 1.96. The molecule has 37 heavy (non-hydrogen) atoms. The lowest BCUT2D eigenvalue weighted by atomic mass is 9.98. The first-order valence-electron chi connectivity index (χ1n) is 11.8. The van der Waals surface area contributed by atoms with Crippen molar-refractivity contribution in [3.8, 4) is 5.75 Å². The van der Waals surface area contributed by atoms with Gasteiger partial charge in [-0.15, -0.1) is 0 Å². The zero-order valence-corrected chi connectivity index (χ0v) is 21.9. The van der Waals surface area contributed by atoms with Crippen molar-refractivity contribution in [1.82, 2.24) is 5.01 Å². The van der Waals surface area contributed by atoms with E-state index in [1.54, 1.807) is 12.1 Å². The van der Waals surface area contributed by atoms with Crippen molar-refractivity contribution in [2.75, 3.05) is 12.4 Å². The molecule has 2 amide bonds. The third kappa shape index (κ3) is 5.70. The highest BCUT2D eigenvalue weighted by Crippen LogP contribution is 2.39. The second kappa shape index (κ2) is 10.8. The van der Waals surface area contributed by atoms with E-state index in [9.17, 15) is 9.59 Å². The fourth-order valence-corrected chi connectivity index (χ4v) is 5.48. The Hall–Kier alpha value is -3.62. The Morgan fingerprint density at radius 2 is 1.89 bits per heavy atom. The number of halogens is 1. The molecule has 3 aromatic rings. The van der Waals surface area contributed by atoms with Crippen LogP contribution < -0.4 is 10.1 Å². The Bertz CT molecular complexity index is 1390. The van der Waals surface area contributed by atoms with E-state index in [-0.39, 0.29) is 24.3 Å². The number of carbonyl (C=O) groups is 2. The molecule has 0 bridgehead atoms. The first-order valence-corrected chi connectivity index (χ1v) is 13.1. The molecule has 9 heteroatoms. The Balaban J connectivity index is 1.35. The van der Waals surface area contributed by atoms with Crippen molar-refractivity contribution in [3.63, 3.8) is 0 Å². The molecule has 188 valence electrons. The summed E-state index contributed by atoms with van der Waals surface area (Å²) in [6, 6.07) is 22.7. The van der Waals surface area contributed by atoms with Crippen molar-refractivity contribution in [1.29, 1.82) is 0 Å². The van der Waals surface area contributed by atoms with E-state index < -0.39 is 5.25 Å². The van der Waals surface area contributed by atoms with Crippen LogP contribution in [-0.4, -0.2) is 40.1 Å². The van der Waals surface area contributed by atoms with Gasteiger partial charge in [0.15, 0.2) is 5.17 Å². The molecule has 2 unspecified atom stereocenters. The number of methoxy groups -OCH3 is 1. The highest BCUT2D eigenvalue weighted by Gasteiger charge is 2.39. The number of amides is 2. The number of hydrogen-bond donors (Lipinski definition) is 1. The third-order valence-corrected chi connectivity index (χ3v) is 7.58. The van der Waals surface area contributed by atoms with Crippen LogP contribution in [0, 0.1) is 6.92 Å². The van der Waals surface area contributed by atoms with Crippen LogP contribution >= 0.6 is 23.4 Å². The van der Waals surface area contributed by atoms with Crippen LogP contribution in [-0.2, 0) is 9.59 Å². The van der Waals surface area contributed by atoms with Gasteiger partial charge in [0.05, 0.1) is 18.9 Å². The van der Waals surface area contributed by atoms with Crippen molar-refractivity contribution in [2.45, 2.75) is 31.1 Å². The molecular formula is C28H25ClN4O3S. The molecule has 5 rings (SSSR count). The number of hydrogen-bond acceptors (Lipinski definition) is 6. The minimum absolute atomic E-state index is 0.0267. The average Bonchev–Trinajstić information content (AvgIpc) is 3.48. The second-order valence-corrected chi connectivity index (χ2v) is 10.5. The van der Waals surface area contributed by atoms with E-state index in [1.165, 1.54) is 11.8 Å². The number of rotatable bonds is 6. The maximum atomic E-state index is 12.8. The molecule has 2 aliphatic rings. The number of aliphatic imine (C=N–C) groups is 1. The lowest BCUT2D eigenvalue weighted by Crippen LogP contribution is -2.25. The van der Waals surface area contributed by atoms with Gasteiger partial charge in [-0.25, -0.2) is 5.01 Å². The van der Waals surface area contributed by atoms with Gasteiger partial charge in [-0.05, 0) is 72.1 Å². The largest absolute Gasteiger partial charge is 0.497 e. The van der Waals surface area contributed by atoms with Gasteiger partial charge >= 0.3 is 0 Å². The van der Waals surface area contributed by atoms with E-state index in [0.717, 1.165) is 28.2 Å². The normalized spacial score (nSPS) is 19.0. The molecular weight excluding hydrogens is 508 g/mol. The summed E-state index contributed by atoms with van der Waals surface area (Å²) in [7, 11) is 1.63. The van der Waals surface area contributed by atoms with Gasteiger partial charge in [0, 0.05) is 23.6 Å². The molecule has 0 aromatic heterocycles. The van der Waals surface area contributed by atoms with Gasteiger partial charge in [0.25, 0.3) is 5.91 Å². The number of amidine groups is 1. The molecule has 0 aliphatic carbocycles. The predicted molar refractivity (Wildman–Crippen MR) is 148 cm³/mol. The van der Waals surface area contributed by atoms with Crippen molar-refractivity contribution in [3.05, 3.63) is 94.5 Å². The summed E-state index contributed by atoms with van der Waals surface area (Å²) in [5.74, 6) is 0.204. The van der Waals surface area contributed by atoms with Crippen molar-refractivity contribution in [2.24, 2.45) is 10.1 Å². The highest BCUT2D eigenvalue weighted by molar-refractivity contribution is 8.15. The summed E-state index contributed by atoms with van der Waals surface area (Å²) >= 11 is 7.40. The van der Waals surface area contributed by atoms with Crippen molar-refractivity contribution < 1.29 is 14.3 Å². The van der Waals surface area contributed by atoms with Crippen LogP contribution in [0.25, 0.3) is 0 Å². The Kier molecular flexibility index (Phi) is 7.30. The summed E-state index contributed by atoms with van der Waals surface area (Å²) in [5, 5.41) is 10.1. The number of benzene rings is 3. The standard InChI is InChI=1S/C28H25ClN4O3S/c1-17-4-3-5-21(14-17)30-26(34)16-25-27(35)31-28(37-25)33-24(19-6-10-20(29)11-7-19)15-23(32-33)18-8-12-22(36-2)13-9-18/h3-14,24-25H,15-16H2,1-2H3,(H,30,34). The average molecular weight is 533 g/mol. The number of aryl methyl sites for hydroxylation is 1. The first-order chi connectivity index (χ1) is 17.9. The Labute approximate surface area is 224 Å². The molecule has 2 atom stereocenters. The molecule has 0 spiro atoms. The number of hydrazone groups is 1. The Morgan fingerprint density at radius 3 is 2.59 bits per heavy atom. The fourth-order valence-electron chi connectivity index (χ4n) is 4.30.